The van der Waals surface area contributed by atoms with Gasteiger partial charge < -0.3 is 4.42 Å². The van der Waals surface area contributed by atoms with Gasteiger partial charge in [0.05, 0.1) is 11.0 Å². The van der Waals surface area contributed by atoms with E-state index < -0.39 is 24.2 Å². The highest BCUT2D eigenvalue weighted by Gasteiger charge is 2.21. The molecular formula is C50H30O. The molecule has 11 aromatic rings. The van der Waals surface area contributed by atoms with Gasteiger partial charge in [0, 0.05) is 16.2 Å². The maximum absolute atomic E-state index is 9.50. The Kier molecular flexibility index (Phi) is 4.57. The molecule has 0 aliphatic carbocycles. The molecular weight excluding hydrogens is 617 g/mol. The third-order valence-electron chi connectivity index (χ3n) is 10.3. The highest BCUT2D eigenvalue weighted by atomic mass is 16.3. The molecule has 10 aromatic carbocycles. The Morgan fingerprint density at radius 2 is 0.961 bits per heavy atom. The van der Waals surface area contributed by atoms with E-state index in [1.165, 1.54) is 0 Å². The smallest absolute Gasteiger partial charge is 0.143 e. The van der Waals surface area contributed by atoms with Crippen LogP contribution in [0.1, 0.15) is 11.0 Å². The maximum atomic E-state index is 9.50. The van der Waals surface area contributed by atoms with Crippen molar-refractivity contribution in [3.05, 3.63) is 182 Å². The molecule has 0 amide bonds. The van der Waals surface area contributed by atoms with Gasteiger partial charge in [0.1, 0.15) is 11.2 Å². The number of benzene rings is 10. The van der Waals surface area contributed by atoms with Gasteiger partial charge in [-0.3, -0.25) is 0 Å². The summed E-state index contributed by atoms with van der Waals surface area (Å²) in [6, 6.07) is 40.8. The third kappa shape index (κ3) is 4.16. The van der Waals surface area contributed by atoms with Crippen LogP contribution in [0.5, 0.6) is 0 Å². The third-order valence-corrected chi connectivity index (χ3v) is 10.3. The summed E-state index contributed by atoms with van der Waals surface area (Å²) in [5.74, 6) is 0. The Hall–Kier alpha value is -6.70. The number of furan rings is 1. The molecule has 0 bridgehead atoms. The van der Waals surface area contributed by atoms with Crippen LogP contribution < -0.4 is 0 Å². The SMILES string of the molecule is [2H]c1c([2H])c([2H])c2c(-c3cccc4oc5c6ccccc6ccc5c34)c3c([2H])c([2H])c([2H])c([2H])c3c(-c3ccc(-c4cc5ccccc5c5ccccc45)cc3)c2c1[2H]. The predicted octanol–water partition coefficient (Wildman–Crippen LogP) is 14.4. The first kappa shape index (κ1) is 21.4. The lowest BCUT2D eigenvalue weighted by atomic mass is 9.84. The summed E-state index contributed by atoms with van der Waals surface area (Å²) in [7, 11) is 0. The molecule has 0 unspecified atom stereocenters. The molecule has 0 saturated heterocycles. The molecule has 0 N–H and O–H groups in total. The van der Waals surface area contributed by atoms with Gasteiger partial charge in [-0.2, -0.15) is 0 Å². The summed E-state index contributed by atoms with van der Waals surface area (Å²) in [6.07, 6.45) is 0. The van der Waals surface area contributed by atoms with Crippen molar-refractivity contribution in [2.45, 2.75) is 0 Å². The number of fused-ring (bicyclic) bond motifs is 10. The van der Waals surface area contributed by atoms with Gasteiger partial charge in [0.25, 0.3) is 0 Å². The van der Waals surface area contributed by atoms with Crippen LogP contribution in [0.15, 0.2) is 186 Å². The van der Waals surface area contributed by atoms with E-state index in [2.05, 4.69) is 30.3 Å². The van der Waals surface area contributed by atoms with Crippen LogP contribution in [0, 0.1) is 0 Å². The zero-order valence-electron chi connectivity index (χ0n) is 35.1. The molecule has 1 heteroatoms. The van der Waals surface area contributed by atoms with E-state index in [1.54, 1.807) is 6.07 Å². The highest BCUT2D eigenvalue weighted by molar-refractivity contribution is 6.27. The first-order valence-corrected chi connectivity index (χ1v) is 16.9. The lowest BCUT2D eigenvalue weighted by Crippen LogP contribution is -1.91. The van der Waals surface area contributed by atoms with Crippen LogP contribution in [-0.2, 0) is 0 Å². The molecule has 0 atom stereocenters. The second kappa shape index (κ2) is 10.9. The van der Waals surface area contributed by atoms with Crippen LogP contribution in [0.2, 0.25) is 0 Å². The Balaban J connectivity index is 1.28. The summed E-state index contributed by atoms with van der Waals surface area (Å²) >= 11 is 0. The monoisotopic (exact) mass is 654 g/mol. The van der Waals surface area contributed by atoms with E-state index in [0.717, 1.165) is 48.8 Å². The normalized spacial score (nSPS) is 14.1. The fourth-order valence-electron chi connectivity index (χ4n) is 8.05. The zero-order valence-corrected chi connectivity index (χ0v) is 27.1. The fourth-order valence-corrected chi connectivity index (χ4v) is 8.05. The number of hydrogen-bond donors (Lipinski definition) is 0. The average molecular weight is 655 g/mol. The van der Waals surface area contributed by atoms with E-state index in [9.17, 15) is 5.48 Å². The van der Waals surface area contributed by atoms with E-state index in [-0.39, 0.29) is 45.7 Å². The number of rotatable bonds is 3. The lowest BCUT2D eigenvalue weighted by Gasteiger charge is -2.18. The van der Waals surface area contributed by atoms with Crippen molar-refractivity contribution < 1.29 is 15.4 Å². The van der Waals surface area contributed by atoms with E-state index in [4.69, 9.17) is 9.90 Å². The van der Waals surface area contributed by atoms with Crippen LogP contribution in [0.25, 0.3) is 109 Å². The van der Waals surface area contributed by atoms with Crippen LogP contribution in [0.3, 0.4) is 0 Å². The molecule has 1 aromatic heterocycles. The quantitative estimate of drug-likeness (QED) is 0.136. The van der Waals surface area contributed by atoms with Crippen molar-refractivity contribution in [3.63, 3.8) is 0 Å². The molecule has 0 fully saturated rings. The van der Waals surface area contributed by atoms with Gasteiger partial charge in [-0.1, -0.05) is 164 Å². The Morgan fingerprint density at radius 3 is 1.69 bits per heavy atom. The van der Waals surface area contributed by atoms with Crippen molar-refractivity contribution in [2.24, 2.45) is 0 Å². The molecule has 51 heavy (non-hydrogen) atoms. The lowest BCUT2D eigenvalue weighted by molar-refractivity contribution is 0.673. The Morgan fingerprint density at radius 1 is 0.373 bits per heavy atom. The van der Waals surface area contributed by atoms with Crippen LogP contribution in [-0.4, -0.2) is 0 Å². The van der Waals surface area contributed by atoms with Crippen molar-refractivity contribution in [1.29, 1.82) is 0 Å². The van der Waals surface area contributed by atoms with Crippen molar-refractivity contribution in [2.75, 3.05) is 0 Å². The van der Waals surface area contributed by atoms with Crippen LogP contribution in [0.4, 0.5) is 0 Å². The van der Waals surface area contributed by atoms with Crippen molar-refractivity contribution >= 4 is 75.8 Å². The molecule has 236 valence electrons. The molecule has 1 nitrogen and oxygen atoms in total. The summed E-state index contributed by atoms with van der Waals surface area (Å²) in [6.45, 7) is 0. The zero-order chi connectivity index (χ0) is 40.4. The Bertz CT molecular complexity index is 3560. The van der Waals surface area contributed by atoms with Crippen LogP contribution >= 0.6 is 0 Å². The van der Waals surface area contributed by atoms with Gasteiger partial charge in [0.15, 0.2) is 0 Å². The molecule has 11 rings (SSSR count). The van der Waals surface area contributed by atoms with Gasteiger partial charge >= 0.3 is 0 Å². The molecule has 0 aliphatic heterocycles. The Labute approximate surface area is 305 Å². The first-order valence-electron chi connectivity index (χ1n) is 20.9. The fraction of sp³-hybridized carbons (Fsp3) is 0. The summed E-state index contributed by atoms with van der Waals surface area (Å²) in [4.78, 5) is 0. The summed E-state index contributed by atoms with van der Waals surface area (Å²) in [5, 5.41) is 8.46. The highest BCUT2D eigenvalue weighted by Crippen LogP contribution is 2.48. The van der Waals surface area contributed by atoms with Gasteiger partial charge in [-0.05, 0) is 100 Å². The van der Waals surface area contributed by atoms with Crippen molar-refractivity contribution in [3.8, 4) is 33.4 Å². The topological polar surface area (TPSA) is 13.1 Å². The van der Waals surface area contributed by atoms with Gasteiger partial charge in [-0.25, -0.2) is 0 Å². The largest absolute Gasteiger partial charge is 0.455 e. The average Bonchev–Trinajstić information content (AvgIpc) is 3.67. The second-order valence-corrected chi connectivity index (χ2v) is 13.0. The molecule has 0 radical (unpaired) electrons. The minimum atomic E-state index is -0.441. The summed E-state index contributed by atoms with van der Waals surface area (Å²) in [5.41, 5.74) is 4.82. The first-order chi connectivity index (χ1) is 28.6. The van der Waals surface area contributed by atoms with Crippen molar-refractivity contribution in [1.82, 2.24) is 0 Å². The van der Waals surface area contributed by atoms with E-state index >= 15 is 0 Å². The van der Waals surface area contributed by atoms with E-state index in [1.807, 2.05) is 97.1 Å². The standard InChI is InChI=1S/C50H30O/c1-4-15-36-31(12-1)28-29-44-49-43(22-11-23-46(49)51-50(36)44)48-41-20-9-7-18-39(41)47(40-19-8-10-21-42(40)48)33-26-24-32(25-27-33)45-30-34-13-2-3-14-35(34)37-16-5-6-17-38(37)45/h1-30H/i7D,8D,9D,10D,18D,19D,20D,21D. The van der Waals surface area contributed by atoms with Gasteiger partial charge in [0.2, 0.25) is 0 Å². The van der Waals surface area contributed by atoms with E-state index in [0.29, 0.717) is 38.8 Å². The molecule has 0 aliphatic rings. The second-order valence-electron chi connectivity index (χ2n) is 13.0. The molecule has 1 heterocycles. The molecule has 0 spiro atoms. The predicted molar refractivity (Wildman–Crippen MR) is 218 cm³/mol. The minimum Gasteiger partial charge on any atom is -0.455 e. The number of hydrogen-bond acceptors (Lipinski definition) is 1. The molecule has 0 saturated carbocycles. The minimum absolute atomic E-state index is 0.163. The maximum Gasteiger partial charge on any atom is 0.143 e. The summed E-state index contributed by atoms with van der Waals surface area (Å²) < 4.78 is 80.1. The van der Waals surface area contributed by atoms with Gasteiger partial charge in [-0.15, -0.1) is 0 Å².